The van der Waals surface area contributed by atoms with Gasteiger partial charge in [0.05, 0.1) is 17.0 Å². The first kappa shape index (κ1) is 20.1. The Balaban J connectivity index is 1.49. The molecule has 4 rings (SSSR count). The van der Waals surface area contributed by atoms with Gasteiger partial charge in [-0.15, -0.1) is 0 Å². The number of aromatic nitrogens is 1. The van der Waals surface area contributed by atoms with E-state index < -0.39 is 10.9 Å². The van der Waals surface area contributed by atoms with E-state index >= 15 is 0 Å². The Hall–Kier alpha value is -3.19. The van der Waals surface area contributed by atoms with Gasteiger partial charge in [-0.2, -0.15) is 0 Å². The number of nitro benzene ring substituents is 1. The largest absolute Gasteiger partial charge is 0.460 e. The van der Waals surface area contributed by atoms with Crippen molar-refractivity contribution in [2.45, 2.75) is 31.8 Å². The van der Waals surface area contributed by atoms with Crippen LogP contribution in [0.15, 0.2) is 48.5 Å². The standard InChI is InChI=1S/C23H25N3O4/c1-24(2)18-11-12-22-20(15-18)19-5-3-4-6-21(19)25(22)13-14-30-23(27)16-7-9-17(10-8-16)26(28)29/h3-10,18H,11-15H2,1-2H3. The second-order valence-corrected chi connectivity index (χ2v) is 7.89. The van der Waals surface area contributed by atoms with Crippen LogP contribution < -0.4 is 0 Å². The maximum atomic E-state index is 12.3. The molecule has 2 aromatic carbocycles. The van der Waals surface area contributed by atoms with Gasteiger partial charge in [-0.3, -0.25) is 10.1 Å². The Labute approximate surface area is 175 Å². The van der Waals surface area contributed by atoms with Crippen molar-refractivity contribution in [3.8, 4) is 0 Å². The minimum Gasteiger partial charge on any atom is -0.460 e. The van der Waals surface area contributed by atoms with Crippen LogP contribution in [-0.2, 0) is 24.1 Å². The molecule has 156 valence electrons. The van der Waals surface area contributed by atoms with Gasteiger partial charge in [-0.1, -0.05) is 18.2 Å². The number of carbonyl (C=O) groups excluding carboxylic acids is 1. The highest BCUT2D eigenvalue weighted by Crippen LogP contribution is 2.33. The molecule has 0 fully saturated rings. The number of rotatable bonds is 6. The third kappa shape index (κ3) is 3.80. The highest BCUT2D eigenvalue weighted by atomic mass is 16.6. The minimum absolute atomic E-state index is 0.0481. The molecular formula is C23H25N3O4. The van der Waals surface area contributed by atoms with Crippen LogP contribution >= 0.6 is 0 Å². The molecule has 1 unspecified atom stereocenters. The van der Waals surface area contributed by atoms with E-state index in [9.17, 15) is 14.9 Å². The van der Waals surface area contributed by atoms with Gasteiger partial charge >= 0.3 is 5.97 Å². The molecule has 1 heterocycles. The predicted molar refractivity (Wildman–Crippen MR) is 115 cm³/mol. The average molecular weight is 407 g/mol. The third-order valence-electron chi connectivity index (χ3n) is 5.94. The summed E-state index contributed by atoms with van der Waals surface area (Å²) in [5, 5.41) is 12.0. The van der Waals surface area contributed by atoms with Crippen LogP contribution in [0.1, 0.15) is 28.0 Å². The van der Waals surface area contributed by atoms with Crippen molar-refractivity contribution in [2.75, 3.05) is 20.7 Å². The van der Waals surface area contributed by atoms with Crippen LogP contribution in [0.25, 0.3) is 10.9 Å². The lowest BCUT2D eigenvalue weighted by Gasteiger charge is -2.29. The number of esters is 1. The topological polar surface area (TPSA) is 77.6 Å². The Morgan fingerprint density at radius 1 is 1.20 bits per heavy atom. The smallest absolute Gasteiger partial charge is 0.338 e. The number of hydrogen-bond donors (Lipinski definition) is 0. The van der Waals surface area contributed by atoms with Crippen LogP contribution in [0.4, 0.5) is 5.69 Å². The lowest BCUT2D eigenvalue weighted by atomic mass is 9.91. The first-order valence-corrected chi connectivity index (χ1v) is 10.1. The number of hydrogen-bond acceptors (Lipinski definition) is 5. The third-order valence-corrected chi connectivity index (χ3v) is 5.94. The van der Waals surface area contributed by atoms with Gasteiger partial charge in [-0.05, 0) is 57.1 Å². The Morgan fingerprint density at radius 3 is 2.63 bits per heavy atom. The van der Waals surface area contributed by atoms with E-state index in [0.717, 1.165) is 19.3 Å². The second-order valence-electron chi connectivity index (χ2n) is 7.89. The van der Waals surface area contributed by atoms with E-state index in [1.807, 2.05) is 6.07 Å². The number of para-hydroxylation sites is 1. The summed E-state index contributed by atoms with van der Waals surface area (Å²) in [6.07, 6.45) is 3.14. The number of ether oxygens (including phenoxy) is 1. The first-order chi connectivity index (χ1) is 14.5. The fourth-order valence-corrected chi connectivity index (χ4v) is 4.31. The molecule has 1 aromatic heterocycles. The van der Waals surface area contributed by atoms with Crippen LogP contribution in [0.2, 0.25) is 0 Å². The van der Waals surface area contributed by atoms with Gasteiger partial charge in [0.2, 0.25) is 0 Å². The lowest BCUT2D eigenvalue weighted by molar-refractivity contribution is -0.384. The molecule has 0 saturated carbocycles. The normalized spacial score (nSPS) is 15.9. The molecule has 0 amide bonds. The van der Waals surface area contributed by atoms with Crippen LogP contribution in [-0.4, -0.2) is 47.1 Å². The van der Waals surface area contributed by atoms with Crippen molar-refractivity contribution in [1.82, 2.24) is 9.47 Å². The van der Waals surface area contributed by atoms with Crippen LogP contribution in [0.3, 0.4) is 0 Å². The fourth-order valence-electron chi connectivity index (χ4n) is 4.31. The zero-order valence-corrected chi connectivity index (χ0v) is 17.2. The van der Waals surface area contributed by atoms with E-state index in [1.165, 1.54) is 46.4 Å². The summed E-state index contributed by atoms with van der Waals surface area (Å²) in [5.74, 6) is -0.470. The summed E-state index contributed by atoms with van der Waals surface area (Å²) in [6.45, 7) is 0.833. The van der Waals surface area contributed by atoms with Crippen molar-refractivity contribution in [1.29, 1.82) is 0 Å². The Bertz CT molecular complexity index is 1090. The van der Waals surface area contributed by atoms with Gasteiger partial charge < -0.3 is 14.2 Å². The van der Waals surface area contributed by atoms with Gasteiger partial charge in [-0.25, -0.2) is 4.79 Å². The molecule has 7 heteroatoms. The number of benzene rings is 2. The van der Waals surface area contributed by atoms with Crippen molar-refractivity contribution in [3.05, 3.63) is 75.5 Å². The number of fused-ring (bicyclic) bond motifs is 3. The SMILES string of the molecule is CN(C)C1CCc2c(c3ccccc3n2CCOC(=O)c2ccc([N+](=O)[O-])cc2)C1. The second kappa shape index (κ2) is 8.28. The van der Waals surface area contributed by atoms with Gasteiger partial charge in [0.1, 0.15) is 6.61 Å². The molecule has 1 atom stereocenters. The monoisotopic (exact) mass is 407 g/mol. The number of likely N-dealkylation sites (N-methyl/N-ethyl adjacent to an activating group) is 1. The summed E-state index contributed by atoms with van der Waals surface area (Å²) in [4.78, 5) is 24.9. The lowest BCUT2D eigenvalue weighted by Crippen LogP contribution is -2.33. The zero-order chi connectivity index (χ0) is 21.3. The van der Waals surface area contributed by atoms with Crippen molar-refractivity contribution >= 4 is 22.6 Å². The Morgan fingerprint density at radius 2 is 1.93 bits per heavy atom. The summed E-state index contributed by atoms with van der Waals surface area (Å²) in [7, 11) is 4.26. The molecule has 0 spiro atoms. The molecule has 1 aliphatic carbocycles. The van der Waals surface area contributed by atoms with Gasteiger partial charge in [0, 0.05) is 34.8 Å². The molecule has 0 N–H and O–H groups in total. The summed E-state index contributed by atoms with van der Waals surface area (Å²) >= 11 is 0. The molecular weight excluding hydrogens is 382 g/mol. The van der Waals surface area contributed by atoms with E-state index in [0.29, 0.717) is 18.2 Å². The van der Waals surface area contributed by atoms with Crippen molar-refractivity contribution in [2.24, 2.45) is 0 Å². The molecule has 7 nitrogen and oxygen atoms in total. The minimum atomic E-state index is -0.490. The highest BCUT2D eigenvalue weighted by Gasteiger charge is 2.26. The molecule has 0 saturated heterocycles. The molecule has 30 heavy (non-hydrogen) atoms. The van der Waals surface area contributed by atoms with E-state index in [-0.39, 0.29) is 12.3 Å². The zero-order valence-electron chi connectivity index (χ0n) is 17.2. The maximum Gasteiger partial charge on any atom is 0.338 e. The van der Waals surface area contributed by atoms with Crippen LogP contribution in [0.5, 0.6) is 0 Å². The van der Waals surface area contributed by atoms with Crippen LogP contribution in [0, 0.1) is 10.1 Å². The van der Waals surface area contributed by atoms with E-state index in [1.54, 1.807) is 0 Å². The average Bonchev–Trinajstić information content (AvgIpc) is 3.07. The summed E-state index contributed by atoms with van der Waals surface area (Å²) < 4.78 is 7.74. The molecule has 0 bridgehead atoms. The van der Waals surface area contributed by atoms with Crippen molar-refractivity contribution < 1.29 is 14.5 Å². The summed E-state index contributed by atoms with van der Waals surface area (Å²) in [5.41, 5.74) is 4.17. The summed E-state index contributed by atoms with van der Waals surface area (Å²) in [6, 6.07) is 14.4. The molecule has 0 aliphatic heterocycles. The van der Waals surface area contributed by atoms with E-state index in [2.05, 4.69) is 41.8 Å². The molecule has 0 radical (unpaired) electrons. The quantitative estimate of drug-likeness (QED) is 0.353. The predicted octanol–water partition coefficient (Wildman–Crippen LogP) is 3.83. The highest BCUT2D eigenvalue weighted by molar-refractivity contribution is 5.89. The number of non-ortho nitro benzene ring substituents is 1. The van der Waals surface area contributed by atoms with Gasteiger partial charge in [0.15, 0.2) is 0 Å². The number of nitro groups is 1. The van der Waals surface area contributed by atoms with E-state index in [4.69, 9.17) is 4.74 Å². The first-order valence-electron chi connectivity index (χ1n) is 10.1. The fraction of sp³-hybridized carbons (Fsp3) is 0.348. The van der Waals surface area contributed by atoms with Gasteiger partial charge in [0.25, 0.3) is 5.69 Å². The number of nitrogens with zero attached hydrogens (tertiary/aromatic N) is 3. The number of carbonyl (C=O) groups is 1. The maximum absolute atomic E-state index is 12.3. The molecule has 3 aromatic rings. The molecule has 1 aliphatic rings. The van der Waals surface area contributed by atoms with Crippen molar-refractivity contribution in [3.63, 3.8) is 0 Å². The Kier molecular flexibility index (Phi) is 5.55.